The first kappa shape index (κ1) is 13.8. The number of hydrogen-bond acceptors (Lipinski definition) is 3. The zero-order chi connectivity index (χ0) is 13.9. The summed E-state index contributed by atoms with van der Waals surface area (Å²) in [5.41, 5.74) is 2.31. The van der Waals surface area contributed by atoms with Gasteiger partial charge in [0.1, 0.15) is 0 Å². The normalized spacial score (nSPS) is 25.8. The van der Waals surface area contributed by atoms with Crippen LogP contribution >= 0.6 is 11.8 Å². The summed E-state index contributed by atoms with van der Waals surface area (Å²) in [4.78, 5) is 15.0. The van der Waals surface area contributed by atoms with Gasteiger partial charge in [-0.15, -0.1) is 0 Å². The van der Waals surface area contributed by atoms with E-state index in [9.17, 15) is 4.79 Å². The second-order valence-electron chi connectivity index (χ2n) is 5.54. The largest absolute Gasteiger partial charge is 0.385 e. The lowest BCUT2D eigenvalue weighted by molar-refractivity contribution is -0.132. The average molecular weight is 290 g/mol. The van der Waals surface area contributed by atoms with Gasteiger partial charge in [-0.1, -0.05) is 25.1 Å². The zero-order valence-corrected chi connectivity index (χ0v) is 12.8. The molecule has 1 aromatic carbocycles. The van der Waals surface area contributed by atoms with Crippen molar-refractivity contribution in [3.63, 3.8) is 0 Å². The van der Waals surface area contributed by atoms with Gasteiger partial charge in [-0.3, -0.25) is 4.79 Å². The van der Waals surface area contributed by atoms with Crippen LogP contribution in [0.15, 0.2) is 24.3 Å². The van der Waals surface area contributed by atoms with Gasteiger partial charge in [-0.25, -0.2) is 0 Å². The highest BCUT2D eigenvalue weighted by Gasteiger charge is 2.32. The molecule has 1 fully saturated rings. The Morgan fingerprint density at radius 2 is 2.30 bits per heavy atom. The van der Waals surface area contributed by atoms with Crippen LogP contribution in [0.4, 0.5) is 5.69 Å². The smallest absolute Gasteiger partial charge is 0.230 e. The summed E-state index contributed by atoms with van der Waals surface area (Å²) in [7, 11) is 0. The SMILES string of the molecule is CCC1CN(C(=O)C2CCNc3ccccc32)CCS1. The van der Waals surface area contributed by atoms with Crippen LogP contribution in [0.3, 0.4) is 0 Å². The van der Waals surface area contributed by atoms with Crippen LogP contribution in [0.5, 0.6) is 0 Å². The molecule has 2 heterocycles. The second kappa shape index (κ2) is 6.08. The van der Waals surface area contributed by atoms with E-state index in [1.165, 1.54) is 5.56 Å². The molecule has 3 rings (SSSR count). The Balaban J connectivity index is 1.78. The van der Waals surface area contributed by atoms with Crippen LogP contribution < -0.4 is 5.32 Å². The van der Waals surface area contributed by atoms with Crippen molar-refractivity contribution >= 4 is 23.4 Å². The van der Waals surface area contributed by atoms with Crippen molar-refractivity contribution in [1.82, 2.24) is 4.90 Å². The predicted octanol–water partition coefficient (Wildman–Crippen LogP) is 2.94. The fraction of sp³-hybridized carbons (Fsp3) is 0.562. The second-order valence-corrected chi connectivity index (χ2v) is 6.95. The third-order valence-corrected chi connectivity index (χ3v) is 5.66. The Hall–Kier alpha value is -1.16. The van der Waals surface area contributed by atoms with Crippen LogP contribution in [0.2, 0.25) is 0 Å². The molecule has 4 heteroatoms. The number of nitrogens with zero attached hydrogens (tertiary/aromatic N) is 1. The maximum atomic E-state index is 12.9. The first-order chi connectivity index (χ1) is 9.79. The summed E-state index contributed by atoms with van der Waals surface area (Å²) in [6.45, 7) is 4.94. The number of fused-ring (bicyclic) bond motifs is 1. The lowest BCUT2D eigenvalue weighted by Gasteiger charge is -2.36. The van der Waals surface area contributed by atoms with Crippen molar-refractivity contribution < 1.29 is 4.79 Å². The van der Waals surface area contributed by atoms with Crippen molar-refractivity contribution in [2.24, 2.45) is 0 Å². The summed E-state index contributed by atoms with van der Waals surface area (Å²) >= 11 is 2.01. The van der Waals surface area contributed by atoms with Gasteiger partial charge in [0, 0.05) is 36.3 Å². The molecule has 1 saturated heterocycles. The molecule has 1 aromatic rings. The zero-order valence-electron chi connectivity index (χ0n) is 12.0. The van der Waals surface area contributed by atoms with Gasteiger partial charge in [0.15, 0.2) is 0 Å². The highest BCUT2D eigenvalue weighted by atomic mass is 32.2. The molecule has 1 amide bonds. The number of hydrogen-bond donors (Lipinski definition) is 1. The molecule has 0 radical (unpaired) electrons. The molecule has 1 N–H and O–H groups in total. The van der Waals surface area contributed by atoms with Crippen molar-refractivity contribution in [3.8, 4) is 0 Å². The number of nitrogens with one attached hydrogen (secondary N) is 1. The van der Waals surface area contributed by atoms with E-state index in [1.54, 1.807) is 0 Å². The third kappa shape index (κ3) is 2.66. The van der Waals surface area contributed by atoms with E-state index in [-0.39, 0.29) is 5.92 Å². The molecule has 0 aromatic heterocycles. The topological polar surface area (TPSA) is 32.3 Å². The van der Waals surface area contributed by atoms with E-state index < -0.39 is 0 Å². The Labute approximate surface area is 125 Å². The summed E-state index contributed by atoms with van der Waals surface area (Å²) in [6, 6.07) is 8.24. The fourth-order valence-electron chi connectivity index (χ4n) is 3.11. The number of rotatable bonds is 2. The first-order valence-electron chi connectivity index (χ1n) is 7.52. The highest BCUT2D eigenvalue weighted by molar-refractivity contribution is 8.00. The Morgan fingerprint density at radius 1 is 1.45 bits per heavy atom. The van der Waals surface area contributed by atoms with E-state index in [2.05, 4.69) is 29.3 Å². The maximum absolute atomic E-state index is 12.9. The monoisotopic (exact) mass is 290 g/mol. The summed E-state index contributed by atoms with van der Waals surface area (Å²) < 4.78 is 0. The molecule has 0 aliphatic carbocycles. The summed E-state index contributed by atoms with van der Waals surface area (Å²) in [5.74, 6) is 1.46. The van der Waals surface area contributed by atoms with E-state index in [4.69, 9.17) is 0 Å². The minimum atomic E-state index is 0.0491. The number of benzene rings is 1. The molecular weight excluding hydrogens is 268 g/mol. The fourth-order valence-corrected chi connectivity index (χ4v) is 4.29. The quantitative estimate of drug-likeness (QED) is 0.909. The molecule has 2 atom stereocenters. The molecule has 0 saturated carbocycles. The Kier molecular flexibility index (Phi) is 4.20. The van der Waals surface area contributed by atoms with Crippen molar-refractivity contribution in [3.05, 3.63) is 29.8 Å². The number of carbonyl (C=O) groups excluding carboxylic acids is 1. The van der Waals surface area contributed by atoms with Crippen molar-refractivity contribution in [1.29, 1.82) is 0 Å². The van der Waals surface area contributed by atoms with Crippen molar-refractivity contribution in [2.45, 2.75) is 30.9 Å². The van der Waals surface area contributed by atoms with E-state index in [0.717, 1.165) is 43.9 Å². The molecule has 20 heavy (non-hydrogen) atoms. The minimum absolute atomic E-state index is 0.0491. The van der Waals surface area contributed by atoms with Gasteiger partial charge < -0.3 is 10.2 Å². The van der Waals surface area contributed by atoms with Crippen molar-refractivity contribution in [2.75, 3.05) is 30.7 Å². The molecule has 0 bridgehead atoms. The maximum Gasteiger partial charge on any atom is 0.230 e. The minimum Gasteiger partial charge on any atom is -0.385 e. The average Bonchev–Trinajstić information content (AvgIpc) is 2.53. The molecule has 2 unspecified atom stereocenters. The first-order valence-corrected chi connectivity index (χ1v) is 8.57. The molecular formula is C16H22N2OS. The van der Waals surface area contributed by atoms with E-state index >= 15 is 0 Å². The van der Waals surface area contributed by atoms with Gasteiger partial charge >= 0.3 is 0 Å². The molecule has 0 spiro atoms. The van der Waals surface area contributed by atoms with Gasteiger partial charge in [0.05, 0.1) is 5.92 Å². The van der Waals surface area contributed by atoms with Gasteiger partial charge in [0.25, 0.3) is 0 Å². The Morgan fingerprint density at radius 3 is 3.15 bits per heavy atom. The number of carbonyl (C=O) groups is 1. The van der Waals surface area contributed by atoms with Crippen LogP contribution in [0.25, 0.3) is 0 Å². The standard InChI is InChI=1S/C16H22N2OS/c1-2-12-11-18(9-10-20-12)16(19)14-7-8-17-15-6-4-3-5-13(14)15/h3-6,12,14,17H,2,7-11H2,1H3. The van der Waals surface area contributed by atoms with E-state index in [1.807, 2.05) is 23.9 Å². The molecule has 108 valence electrons. The van der Waals surface area contributed by atoms with Crippen LogP contribution in [-0.4, -0.2) is 41.4 Å². The van der Waals surface area contributed by atoms with Crippen LogP contribution in [-0.2, 0) is 4.79 Å². The summed E-state index contributed by atoms with van der Waals surface area (Å²) in [6.07, 6.45) is 2.06. The lowest BCUT2D eigenvalue weighted by atomic mass is 9.89. The third-order valence-electron chi connectivity index (χ3n) is 4.29. The Bertz CT molecular complexity index is 491. The number of thioether (sulfide) groups is 1. The van der Waals surface area contributed by atoms with Gasteiger partial charge in [-0.05, 0) is 24.5 Å². The number of amides is 1. The van der Waals surface area contributed by atoms with Crippen LogP contribution in [0.1, 0.15) is 31.2 Å². The van der Waals surface area contributed by atoms with Gasteiger partial charge in [0.2, 0.25) is 5.91 Å². The molecule has 3 nitrogen and oxygen atoms in total. The van der Waals surface area contributed by atoms with Crippen LogP contribution in [0, 0.1) is 0 Å². The summed E-state index contributed by atoms with van der Waals surface area (Å²) in [5, 5.41) is 4.01. The van der Waals surface area contributed by atoms with E-state index in [0.29, 0.717) is 11.2 Å². The number of anilines is 1. The lowest BCUT2D eigenvalue weighted by Crippen LogP contribution is -2.44. The highest BCUT2D eigenvalue weighted by Crippen LogP contribution is 2.34. The number of para-hydroxylation sites is 1. The molecule has 2 aliphatic rings. The molecule has 2 aliphatic heterocycles. The predicted molar refractivity (Wildman–Crippen MR) is 85.4 cm³/mol. The van der Waals surface area contributed by atoms with Gasteiger partial charge in [-0.2, -0.15) is 11.8 Å².